The Morgan fingerprint density at radius 1 is 1.25 bits per heavy atom. The molecule has 1 spiro atoms. The van der Waals surface area contributed by atoms with Crippen LogP contribution in [-0.2, 0) is 4.79 Å². The Bertz CT molecular complexity index is 938. The summed E-state index contributed by atoms with van der Waals surface area (Å²) in [6, 6.07) is 12.9. The van der Waals surface area contributed by atoms with E-state index in [2.05, 4.69) is 10.2 Å². The van der Waals surface area contributed by atoms with E-state index < -0.39 is 12.2 Å². The molecule has 1 saturated heterocycles. The van der Waals surface area contributed by atoms with Crippen molar-refractivity contribution in [2.24, 2.45) is 0 Å². The summed E-state index contributed by atoms with van der Waals surface area (Å²) in [5, 5.41) is 24.2. The highest BCUT2D eigenvalue weighted by molar-refractivity contribution is 5.90. The van der Waals surface area contributed by atoms with Crippen molar-refractivity contribution in [1.29, 1.82) is 0 Å². The molecule has 172 valence electrons. The largest absolute Gasteiger partial charge is 0.497 e. The van der Waals surface area contributed by atoms with E-state index in [1.165, 1.54) is 0 Å². The highest BCUT2D eigenvalue weighted by Gasteiger charge is 2.43. The number of nitrogens with one attached hydrogen (secondary N) is 1. The summed E-state index contributed by atoms with van der Waals surface area (Å²) in [6.07, 6.45) is 1.43. The number of ether oxygens (including phenoxy) is 2. The van der Waals surface area contributed by atoms with E-state index >= 15 is 0 Å². The number of rotatable bonds is 6. The zero-order chi connectivity index (χ0) is 22.7. The standard InChI is InChI=1S/C25H32N2O5/c1-3-24(30)26-18-6-4-17(5-7-18)22(29)16-27-12-10-25(11-13-27)15-21(28)20-9-8-19(31-2)14-23(20)32-25/h4-9,14,21-22,28-29H,3,10-13,15-16H2,1-2H3,(H,26,30)/t21-,22+/m1/s1. The number of carbonyl (C=O) groups excluding carboxylic acids is 1. The number of nitrogens with zero attached hydrogens (tertiary/aromatic N) is 1. The molecule has 2 atom stereocenters. The van der Waals surface area contributed by atoms with E-state index in [4.69, 9.17) is 9.47 Å². The summed E-state index contributed by atoms with van der Waals surface area (Å²) in [4.78, 5) is 13.7. The van der Waals surface area contributed by atoms with Gasteiger partial charge in [-0.05, 0) is 42.7 Å². The summed E-state index contributed by atoms with van der Waals surface area (Å²) in [5.74, 6) is 1.39. The Morgan fingerprint density at radius 3 is 2.62 bits per heavy atom. The Labute approximate surface area is 189 Å². The van der Waals surface area contributed by atoms with Gasteiger partial charge in [-0.1, -0.05) is 19.1 Å². The lowest BCUT2D eigenvalue weighted by atomic mass is 9.81. The monoisotopic (exact) mass is 440 g/mol. The lowest BCUT2D eigenvalue weighted by Gasteiger charge is -2.46. The molecule has 0 aliphatic carbocycles. The smallest absolute Gasteiger partial charge is 0.224 e. The topological polar surface area (TPSA) is 91.3 Å². The van der Waals surface area contributed by atoms with Crippen LogP contribution in [-0.4, -0.2) is 53.4 Å². The second-order valence-corrected chi connectivity index (χ2v) is 8.75. The Hall–Kier alpha value is -2.61. The molecule has 2 aliphatic heterocycles. The predicted octanol–water partition coefficient (Wildman–Crippen LogP) is 3.43. The fourth-order valence-corrected chi connectivity index (χ4v) is 4.58. The number of amides is 1. The van der Waals surface area contributed by atoms with Crippen LogP contribution in [0.3, 0.4) is 0 Å². The third-order valence-corrected chi connectivity index (χ3v) is 6.57. The molecule has 4 rings (SSSR count). The molecule has 32 heavy (non-hydrogen) atoms. The maximum atomic E-state index is 11.5. The number of likely N-dealkylation sites (tertiary alicyclic amines) is 1. The first kappa shape index (κ1) is 22.6. The number of hydrogen-bond acceptors (Lipinski definition) is 6. The van der Waals surface area contributed by atoms with E-state index in [9.17, 15) is 15.0 Å². The number of aliphatic hydroxyl groups excluding tert-OH is 2. The van der Waals surface area contributed by atoms with Crippen LogP contribution in [0.15, 0.2) is 42.5 Å². The average Bonchev–Trinajstić information content (AvgIpc) is 2.80. The highest BCUT2D eigenvalue weighted by Crippen LogP contribution is 2.45. The van der Waals surface area contributed by atoms with Crippen LogP contribution >= 0.6 is 0 Å². The Kier molecular flexibility index (Phi) is 6.69. The van der Waals surface area contributed by atoms with E-state index in [1.807, 2.05) is 49.4 Å². The molecule has 0 saturated carbocycles. The molecule has 0 aromatic heterocycles. The van der Waals surface area contributed by atoms with Gasteiger partial charge in [0.05, 0.1) is 19.3 Å². The molecule has 2 aromatic carbocycles. The fraction of sp³-hybridized carbons (Fsp3) is 0.480. The molecular formula is C25H32N2O5. The predicted molar refractivity (Wildman–Crippen MR) is 122 cm³/mol. The molecule has 3 N–H and O–H groups in total. The van der Waals surface area contributed by atoms with Crippen LogP contribution in [0.2, 0.25) is 0 Å². The van der Waals surface area contributed by atoms with Crippen LogP contribution in [0.4, 0.5) is 5.69 Å². The van der Waals surface area contributed by atoms with Gasteiger partial charge in [0.15, 0.2) is 0 Å². The zero-order valence-corrected chi connectivity index (χ0v) is 18.7. The van der Waals surface area contributed by atoms with E-state index in [1.54, 1.807) is 7.11 Å². The maximum Gasteiger partial charge on any atom is 0.224 e. The zero-order valence-electron chi connectivity index (χ0n) is 18.7. The normalized spacial score (nSPS) is 20.8. The lowest BCUT2D eigenvalue weighted by molar-refractivity contribution is -0.115. The van der Waals surface area contributed by atoms with Gasteiger partial charge in [-0.3, -0.25) is 4.79 Å². The van der Waals surface area contributed by atoms with Gasteiger partial charge < -0.3 is 29.9 Å². The van der Waals surface area contributed by atoms with Crippen molar-refractivity contribution in [2.75, 3.05) is 32.1 Å². The second kappa shape index (κ2) is 9.48. The number of carbonyl (C=O) groups is 1. The molecule has 2 aromatic rings. The van der Waals surface area contributed by atoms with Crippen molar-refractivity contribution in [3.63, 3.8) is 0 Å². The number of benzene rings is 2. The quantitative estimate of drug-likeness (QED) is 0.638. The maximum absolute atomic E-state index is 11.5. The van der Waals surface area contributed by atoms with Crippen LogP contribution in [0.1, 0.15) is 55.9 Å². The van der Waals surface area contributed by atoms with Crippen molar-refractivity contribution in [3.05, 3.63) is 53.6 Å². The molecular weight excluding hydrogens is 408 g/mol. The number of β-amino-alcohol motifs (C(OH)–C–C–N with tert-alkyl or cyclic N) is 1. The number of fused-ring (bicyclic) bond motifs is 1. The molecule has 7 nitrogen and oxygen atoms in total. The fourth-order valence-electron chi connectivity index (χ4n) is 4.58. The minimum Gasteiger partial charge on any atom is -0.497 e. The Morgan fingerprint density at radius 2 is 1.97 bits per heavy atom. The van der Waals surface area contributed by atoms with E-state index in [0.717, 1.165) is 42.7 Å². The first-order valence-electron chi connectivity index (χ1n) is 11.3. The lowest BCUT2D eigenvalue weighted by Crippen LogP contribution is -2.51. The van der Waals surface area contributed by atoms with Gasteiger partial charge in [-0.2, -0.15) is 0 Å². The third kappa shape index (κ3) is 4.90. The molecule has 2 heterocycles. The molecule has 7 heteroatoms. The number of aliphatic hydroxyl groups is 2. The van der Waals surface area contributed by atoms with Crippen molar-refractivity contribution in [1.82, 2.24) is 4.90 Å². The van der Waals surface area contributed by atoms with E-state index in [0.29, 0.717) is 30.9 Å². The van der Waals surface area contributed by atoms with E-state index in [-0.39, 0.29) is 11.5 Å². The number of methoxy groups -OCH3 is 1. The van der Waals surface area contributed by atoms with Gasteiger partial charge in [-0.25, -0.2) is 0 Å². The summed E-state index contributed by atoms with van der Waals surface area (Å²) in [5.41, 5.74) is 1.98. The van der Waals surface area contributed by atoms with Crippen molar-refractivity contribution in [3.8, 4) is 11.5 Å². The van der Waals surface area contributed by atoms with Crippen LogP contribution < -0.4 is 14.8 Å². The molecule has 1 amide bonds. The third-order valence-electron chi connectivity index (χ3n) is 6.57. The number of hydrogen-bond donors (Lipinski definition) is 3. The van der Waals surface area contributed by atoms with Crippen LogP contribution in [0.5, 0.6) is 11.5 Å². The summed E-state index contributed by atoms with van der Waals surface area (Å²) >= 11 is 0. The first-order valence-corrected chi connectivity index (χ1v) is 11.3. The Balaban J connectivity index is 1.34. The van der Waals surface area contributed by atoms with Gasteiger partial charge in [0, 0.05) is 49.8 Å². The van der Waals surface area contributed by atoms with Crippen molar-refractivity contribution < 1.29 is 24.5 Å². The molecule has 0 radical (unpaired) electrons. The molecule has 2 aliphatic rings. The summed E-state index contributed by atoms with van der Waals surface area (Å²) in [6.45, 7) is 3.91. The van der Waals surface area contributed by atoms with Gasteiger partial charge in [-0.15, -0.1) is 0 Å². The molecule has 0 unspecified atom stereocenters. The van der Waals surface area contributed by atoms with Gasteiger partial charge >= 0.3 is 0 Å². The first-order chi connectivity index (χ1) is 15.4. The molecule has 1 fully saturated rings. The van der Waals surface area contributed by atoms with Crippen molar-refractivity contribution >= 4 is 11.6 Å². The SMILES string of the molecule is CCC(=O)Nc1ccc([C@@H](O)CN2CCC3(CC2)C[C@@H](O)c2ccc(OC)cc2O3)cc1. The summed E-state index contributed by atoms with van der Waals surface area (Å²) < 4.78 is 11.7. The van der Waals surface area contributed by atoms with Crippen LogP contribution in [0, 0.1) is 0 Å². The van der Waals surface area contributed by atoms with Gasteiger partial charge in [0.1, 0.15) is 17.1 Å². The summed E-state index contributed by atoms with van der Waals surface area (Å²) in [7, 11) is 1.62. The second-order valence-electron chi connectivity index (χ2n) is 8.75. The minimum atomic E-state index is -0.608. The minimum absolute atomic E-state index is 0.0309. The van der Waals surface area contributed by atoms with Gasteiger partial charge in [0.2, 0.25) is 5.91 Å². The number of anilines is 1. The molecule has 0 bridgehead atoms. The highest BCUT2D eigenvalue weighted by atomic mass is 16.5. The van der Waals surface area contributed by atoms with Crippen LogP contribution in [0.25, 0.3) is 0 Å². The van der Waals surface area contributed by atoms with Gasteiger partial charge in [0.25, 0.3) is 0 Å². The average molecular weight is 441 g/mol. The van der Waals surface area contributed by atoms with Crippen molar-refractivity contribution in [2.45, 2.75) is 50.4 Å². The number of piperidine rings is 1.